The van der Waals surface area contributed by atoms with Gasteiger partial charge in [-0.25, -0.2) is 0 Å². The standard InChI is InChI=1S/C23H18N2O/c1-2-14-23(26,19-12-15-24-16-13-19)22-17-18-8-6-7-11-21(18)25(22)20-9-4-3-5-10-20/h1,3-13,15-17,26H,14H2. The molecule has 3 nitrogen and oxygen atoms in total. The maximum atomic E-state index is 11.7. The molecular formula is C23H18N2O. The van der Waals surface area contributed by atoms with Crippen molar-refractivity contribution in [2.24, 2.45) is 0 Å². The normalized spacial score (nSPS) is 13.2. The number of benzene rings is 2. The quantitative estimate of drug-likeness (QED) is 0.564. The average Bonchev–Trinajstić information content (AvgIpc) is 3.10. The van der Waals surface area contributed by atoms with Gasteiger partial charge in [-0.1, -0.05) is 36.4 Å². The van der Waals surface area contributed by atoms with Crippen LogP contribution in [0.25, 0.3) is 16.6 Å². The van der Waals surface area contributed by atoms with Gasteiger partial charge in [-0.3, -0.25) is 4.98 Å². The maximum absolute atomic E-state index is 11.7. The zero-order valence-electron chi connectivity index (χ0n) is 14.2. The average molecular weight is 338 g/mol. The van der Waals surface area contributed by atoms with Gasteiger partial charge < -0.3 is 9.67 Å². The van der Waals surface area contributed by atoms with Gasteiger partial charge >= 0.3 is 0 Å². The summed E-state index contributed by atoms with van der Waals surface area (Å²) in [7, 11) is 0. The summed E-state index contributed by atoms with van der Waals surface area (Å²) in [5, 5.41) is 12.8. The van der Waals surface area contributed by atoms with Crippen LogP contribution in [0, 0.1) is 12.3 Å². The van der Waals surface area contributed by atoms with Crippen LogP contribution >= 0.6 is 0 Å². The van der Waals surface area contributed by atoms with Gasteiger partial charge in [0, 0.05) is 29.9 Å². The second-order valence-corrected chi connectivity index (χ2v) is 6.24. The van der Waals surface area contributed by atoms with Crippen LogP contribution in [0.15, 0.2) is 85.2 Å². The maximum Gasteiger partial charge on any atom is 0.141 e. The van der Waals surface area contributed by atoms with Gasteiger partial charge in [0.1, 0.15) is 5.60 Å². The molecule has 0 spiro atoms. The summed E-state index contributed by atoms with van der Waals surface area (Å²) >= 11 is 0. The zero-order chi connectivity index (χ0) is 18.0. The number of aliphatic hydroxyl groups is 1. The Labute approximate surface area is 152 Å². The molecule has 1 atom stereocenters. The number of aromatic nitrogens is 2. The first kappa shape index (κ1) is 16.1. The fourth-order valence-corrected chi connectivity index (χ4v) is 3.43. The Bertz CT molecular complexity index is 1080. The minimum atomic E-state index is -1.31. The summed E-state index contributed by atoms with van der Waals surface area (Å²) in [6.45, 7) is 0. The highest BCUT2D eigenvalue weighted by molar-refractivity contribution is 5.84. The Morgan fingerprint density at radius 1 is 0.962 bits per heavy atom. The van der Waals surface area contributed by atoms with E-state index in [1.165, 1.54) is 0 Å². The Kier molecular flexibility index (Phi) is 4.04. The van der Waals surface area contributed by atoms with E-state index in [1.807, 2.05) is 66.7 Å². The number of para-hydroxylation sites is 2. The van der Waals surface area contributed by atoms with E-state index in [2.05, 4.69) is 21.5 Å². The van der Waals surface area contributed by atoms with Gasteiger partial charge in [0.2, 0.25) is 0 Å². The molecule has 4 aromatic rings. The van der Waals surface area contributed by atoms with Gasteiger partial charge in [0.05, 0.1) is 11.2 Å². The highest BCUT2D eigenvalue weighted by Crippen LogP contribution is 2.37. The van der Waals surface area contributed by atoms with Crippen LogP contribution in [-0.2, 0) is 5.60 Å². The van der Waals surface area contributed by atoms with E-state index < -0.39 is 5.60 Å². The van der Waals surface area contributed by atoms with Gasteiger partial charge in [-0.05, 0) is 42.0 Å². The van der Waals surface area contributed by atoms with Gasteiger partial charge in [-0.15, -0.1) is 12.3 Å². The van der Waals surface area contributed by atoms with E-state index in [4.69, 9.17) is 6.42 Å². The van der Waals surface area contributed by atoms with E-state index in [-0.39, 0.29) is 6.42 Å². The number of nitrogens with zero attached hydrogens (tertiary/aromatic N) is 2. The van der Waals surface area contributed by atoms with E-state index in [0.717, 1.165) is 27.8 Å². The second-order valence-electron chi connectivity index (χ2n) is 6.24. The molecule has 26 heavy (non-hydrogen) atoms. The minimum absolute atomic E-state index is 0.167. The lowest BCUT2D eigenvalue weighted by Crippen LogP contribution is -2.29. The lowest BCUT2D eigenvalue weighted by molar-refractivity contribution is 0.0804. The summed E-state index contributed by atoms with van der Waals surface area (Å²) in [6, 6.07) is 23.7. The molecular weight excluding hydrogens is 320 g/mol. The van der Waals surface area contributed by atoms with Crippen LogP contribution in [0.4, 0.5) is 0 Å². The molecule has 0 amide bonds. The Morgan fingerprint density at radius 3 is 2.38 bits per heavy atom. The first-order valence-corrected chi connectivity index (χ1v) is 8.47. The molecule has 0 fully saturated rings. The molecule has 0 bridgehead atoms. The lowest BCUT2D eigenvalue weighted by atomic mass is 9.87. The molecule has 0 aliphatic heterocycles. The topological polar surface area (TPSA) is 38.1 Å². The minimum Gasteiger partial charge on any atom is -0.378 e. The summed E-state index contributed by atoms with van der Waals surface area (Å²) in [6.07, 6.45) is 9.15. The highest BCUT2D eigenvalue weighted by Gasteiger charge is 2.35. The number of hydrogen-bond donors (Lipinski definition) is 1. The van der Waals surface area contributed by atoms with Crippen LogP contribution in [0.3, 0.4) is 0 Å². The number of pyridine rings is 1. The van der Waals surface area contributed by atoms with Crippen LogP contribution in [-0.4, -0.2) is 14.7 Å². The van der Waals surface area contributed by atoms with Crippen molar-refractivity contribution in [3.05, 3.63) is 96.4 Å². The number of fused-ring (bicyclic) bond motifs is 1. The van der Waals surface area contributed by atoms with Gasteiger partial charge in [0.25, 0.3) is 0 Å². The fourth-order valence-electron chi connectivity index (χ4n) is 3.43. The monoisotopic (exact) mass is 338 g/mol. The van der Waals surface area contributed by atoms with Crippen molar-refractivity contribution in [1.82, 2.24) is 9.55 Å². The Hall–Kier alpha value is -3.35. The van der Waals surface area contributed by atoms with E-state index in [1.54, 1.807) is 12.4 Å². The van der Waals surface area contributed by atoms with Crippen molar-refractivity contribution < 1.29 is 5.11 Å². The van der Waals surface area contributed by atoms with Crippen LogP contribution in [0.1, 0.15) is 17.7 Å². The van der Waals surface area contributed by atoms with Crippen LogP contribution in [0.5, 0.6) is 0 Å². The van der Waals surface area contributed by atoms with Crippen molar-refractivity contribution in [1.29, 1.82) is 0 Å². The molecule has 2 aromatic heterocycles. The SMILES string of the molecule is C#CCC(O)(c1ccncc1)c1cc2ccccc2n1-c1ccccc1. The predicted octanol–water partition coefficient (Wildman–Crippen LogP) is 4.28. The first-order chi connectivity index (χ1) is 12.7. The number of rotatable bonds is 4. The molecule has 0 saturated carbocycles. The molecule has 2 aromatic carbocycles. The third kappa shape index (κ3) is 2.57. The zero-order valence-corrected chi connectivity index (χ0v) is 14.2. The largest absolute Gasteiger partial charge is 0.378 e. The molecule has 0 aliphatic carbocycles. The Balaban J connectivity index is 2.06. The molecule has 2 heterocycles. The van der Waals surface area contributed by atoms with E-state index >= 15 is 0 Å². The van der Waals surface area contributed by atoms with Gasteiger partial charge in [0.15, 0.2) is 0 Å². The third-order valence-electron chi connectivity index (χ3n) is 4.66. The second kappa shape index (κ2) is 6.51. The van der Waals surface area contributed by atoms with Crippen LogP contribution in [0.2, 0.25) is 0 Å². The van der Waals surface area contributed by atoms with Crippen molar-refractivity contribution >= 4 is 10.9 Å². The molecule has 126 valence electrons. The number of hydrogen-bond acceptors (Lipinski definition) is 2. The molecule has 1 unspecified atom stereocenters. The van der Waals surface area contributed by atoms with Crippen LogP contribution < -0.4 is 0 Å². The van der Waals surface area contributed by atoms with E-state index in [0.29, 0.717) is 0 Å². The van der Waals surface area contributed by atoms with Gasteiger partial charge in [-0.2, -0.15) is 0 Å². The summed E-state index contributed by atoms with van der Waals surface area (Å²) in [5.74, 6) is 2.64. The smallest absolute Gasteiger partial charge is 0.141 e. The lowest BCUT2D eigenvalue weighted by Gasteiger charge is -2.28. The first-order valence-electron chi connectivity index (χ1n) is 8.47. The molecule has 0 radical (unpaired) electrons. The third-order valence-corrected chi connectivity index (χ3v) is 4.66. The van der Waals surface area contributed by atoms with Crippen molar-refractivity contribution in [3.8, 4) is 18.0 Å². The fraction of sp³-hybridized carbons (Fsp3) is 0.0870. The molecule has 4 rings (SSSR count). The molecule has 0 aliphatic rings. The van der Waals surface area contributed by atoms with Crippen molar-refractivity contribution in [3.63, 3.8) is 0 Å². The summed E-state index contributed by atoms with van der Waals surface area (Å²) in [4.78, 5) is 4.07. The van der Waals surface area contributed by atoms with Crippen molar-refractivity contribution in [2.75, 3.05) is 0 Å². The predicted molar refractivity (Wildman–Crippen MR) is 104 cm³/mol. The molecule has 1 N–H and O–H groups in total. The van der Waals surface area contributed by atoms with E-state index in [9.17, 15) is 5.11 Å². The summed E-state index contributed by atoms with van der Waals surface area (Å²) in [5.41, 5.74) is 2.16. The molecule has 3 heteroatoms. The number of terminal acetylenes is 1. The highest BCUT2D eigenvalue weighted by atomic mass is 16.3. The molecule has 0 saturated heterocycles. The van der Waals surface area contributed by atoms with Crippen molar-refractivity contribution in [2.45, 2.75) is 12.0 Å². The Morgan fingerprint density at radius 2 is 1.65 bits per heavy atom. The summed E-state index contributed by atoms with van der Waals surface area (Å²) < 4.78 is 2.08.